The first-order chi connectivity index (χ1) is 25.9. The van der Waals surface area contributed by atoms with Crippen molar-refractivity contribution in [1.82, 2.24) is 0 Å². The van der Waals surface area contributed by atoms with E-state index in [0.717, 1.165) is 11.1 Å². The van der Waals surface area contributed by atoms with Crippen molar-refractivity contribution in [3.05, 3.63) is 57.6 Å². The Balaban J connectivity index is 1.50. The van der Waals surface area contributed by atoms with Crippen molar-refractivity contribution in [2.75, 3.05) is 13.2 Å². The average Bonchev–Trinajstić information content (AvgIpc) is 3.08. The fourth-order valence-corrected chi connectivity index (χ4v) is 6.53. The van der Waals surface area contributed by atoms with E-state index in [1.807, 2.05) is 95.2 Å². The topological polar surface area (TPSA) is 242 Å². The van der Waals surface area contributed by atoms with Crippen LogP contribution in [0.15, 0.2) is 24.3 Å². The molecule has 2 aliphatic heterocycles. The Morgan fingerprint density at radius 3 is 1.11 bits per heavy atom. The minimum atomic E-state index is -1.94. The highest BCUT2D eigenvalue weighted by atomic mass is 16.8. The average molecular weight is 807 g/mol. The van der Waals surface area contributed by atoms with Gasteiger partial charge in [0.1, 0.15) is 84.7 Å². The number of carbonyl (C=O) groups excluding carboxylic acids is 2. The number of ether oxygens (including phenoxy) is 5. The van der Waals surface area contributed by atoms with Crippen LogP contribution in [-0.4, -0.2) is 127 Å². The Morgan fingerprint density at radius 1 is 0.509 bits per heavy atom. The van der Waals surface area contributed by atoms with Gasteiger partial charge in [0, 0.05) is 11.1 Å². The molecule has 57 heavy (non-hydrogen) atoms. The van der Waals surface area contributed by atoms with Gasteiger partial charge in [0.05, 0.1) is 0 Å². The van der Waals surface area contributed by atoms with Crippen molar-refractivity contribution in [3.63, 3.8) is 0 Å². The maximum atomic E-state index is 13.4. The van der Waals surface area contributed by atoms with E-state index in [1.165, 1.54) is 12.1 Å². The van der Waals surface area contributed by atoms with Gasteiger partial charge in [-0.15, -0.1) is 0 Å². The molecule has 10 atom stereocenters. The van der Waals surface area contributed by atoms with Gasteiger partial charge in [-0.25, -0.2) is 9.59 Å². The summed E-state index contributed by atoms with van der Waals surface area (Å²) in [5, 5.41) is 86.7. The zero-order valence-electron chi connectivity index (χ0n) is 34.9. The minimum Gasteiger partial charge on any atom is -0.507 e. The van der Waals surface area contributed by atoms with Crippen LogP contribution in [0.5, 0.6) is 11.5 Å². The number of rotatable bonds is 8. The van der Waals surface area contributed by atoms with E-state index in [0.29, 0.717) is 11.1 Å². The van der Waals surface area contributed by atoms with Gasteiger partial charge in [-0.2, -0.15) is 0 Å². The molecule has 0 saturated carbocycles. The van der Waals surface area contributed by atoms with Crippen LogP contribution >= 0.6 is 0 Å². The van der Waals surface area contributed by atoms with Gasteiger partial charge >= 0.3 is 11.9 Å². The molecule has 0 amide bonds. The SMILES string of the molecule is CC(C)(C)c1cc(C(=O)OCC2OC(OC3O[C@H](COC(=O)c4cc(C(C)(C)C)cc(C(C)(C)C)c4O)C(O)C(O)C3O)C(O)C(O)C2O)c(O)c(C(C)(C)C)c1. The molecule has 0 aromatic heterocycles. The van der Waals surface area contributed by atoms with E-state index in [4.69, 9.17) is 23.7 Å². The summed E-state index contributed by atoms with van der Waals surface area (Å²) in [4.78, 5) is 26.8. The smallest absolute Gasteiger partial charge is 0.342 e. The highest BCUT2D eigenvalue weighted by Gasteiger charge is 2.50. The van der Waals surface area contributed by atoms with Gasteiger partial charge in [0.25, 0.3) is 0 Å². The fourth-order valence-electron chi connectivity index (χ4n) is 6.53. The summed E-state index contributed by atoms with van der Waals surface area (Å²) in [6, 6.07) is 6.68. The molecule has 2 aromatic carbocycles. The predicted octanol–water partition coefficient (Wildman–Crippen LogP) is 2.93. The lowest BCUT2D eigenvalue weighted by Crippen LogP contribution is -2.64. The number of carbonyl (C=O) groups is 2. The molecule has 0 spiro atoms. The Labute approximate surface area is 334 Å². The maximum absolute atomic E-state index is 13.4. The Morgan fingerprint density at radius 2 is 0.825 bits per heavy atom. The Kier molecular flexibility index (Phi) is 13.6. The number of hydrogen-bond acceptors (Lipinski definition) is 15. The Bertz CT molecular complexity index is 1640. The fraction of sp³-hybridized carbons (Fsp3) is 0.667. The van der Waals surface area contributed by atoms with Crippen molar-refractivity contribution in [2.24, 2.45) is 0 Å². The number of phenols is 2. The number of esters is 2. The molecular weight excluding hydrogens is 744 g/mol. The maximum Gasteiger partial charge on any atom is 0.342 e. The molecule has 4 rings (SSSR count). The van der Waals surface area contributed by atoms with Gasteiger partial charge in [-0.05, 0) is 44.9 Å². The molecule has 2 aromatic rings. The summed E-state index contributed by atoms with van der Waals surface area (Å²) in [7, 11) is 0. The monoisotopic (exact) mass is 806 g/mol. The normalized spacial score (nSPS) is 28.9. The first-order valence-corrected chi connectivity index (χ1v) is 19.1. The molecule has 15 nitrogen and oxygen atoms in total. The van der Waals surface area contributed by atoms with Gasteiger partial charge in [0.2, 0.25) is 0 Å². The van der Waals surface area contributed by atoms with Gasteiger partial charge in [-0.3, -0.25) is 0 Å². The summed E-state index contributed by atoms with van der Waals surface area (Å²) >= 11 is 0. The molecule has 0 bridgehead atoms. The van der Waals surface area contributed by atoms with Gasteiger partial charge < -0.3 is 64.5 Å². The second kappa shape index (κ2) is 16.7. The zero-order chi connectivity index (χ0) is 43.3. The lowest BCUT2D eigenvalue weighted by Gasteiger charge is -2.44. The minimum absolute atomic E-state index is 0.129. The van der Waals surface area contributed by atoms with Crippen LogP contribution in [0.25, 0.3) is 0 Å². The number of aliphatic hydroxyl groups is 6. The zero-order valence-corrected chi connectivity index (χ0v) is 34.9. The van der Waals surface area contributed by atoms with E-state index < -0.39 is 108 Å². The van der Waals surface area contributed by atoms with E-state index in [9.17, 15) is 50.4 Å². The number of hydrogen-bond donors (Lipinski definition) is 8. The van der Waals surface area contributed by atoms with E-state index in [2.05, 4.69) is 0 Å². The summed E-state index contributed by atoms with van der Waals surface area (Å²) in [6.07, 6.45) is -18.0. The first-order valence-electron chi connectivity index (χ1n) is 19.1. The van der Waals surface area contributed by atoms with Crippen molar-refractivity contribution in [2.45, 2.75) is 166 Å². The summed E-state index contributed by atoms with van der Waals surface area (Å²) in [5.41, 5.74) is 0.397. The van der Waals surface area contributed by atoms with Crippen LogP contribution < -0.4 is 0 Å². The number of aliphatic hydroxyl groups excluding tert-OH is 6. The summed E-state index contributed by atoms with van der Waals surface area (Å²) in [6.45, 7) is 21.6. The highest BCUT2D eigenvalue weighted by molar-refractivity contribution is 5.94. The van der Waals surface area contributed by atoms with Crippen LogP contribution in [0, 0.1) is 0 Å². The van der Waals surface area contributed by atoms with E-state index in [1.54, 1.807) is 0 Å². The molecule has 2 heterocycles. The van der Waals surface area contributed by atoms with E-state index in [-0.39, 0.29) is 22.6 Å². The standard InChI is InChI=1S/C42H62O15/c1-39(2,3)19-13-21(27(43)23(15-19)41(7,8)9)35(51)53-17-25-29(45)31(47)33(49)37(55-25)57-38-34(50)32(48)30(46)26(56-38)18-54-36(52)22-14-20(40(4,5)6)16-24(28(22)44)42(10,11)12/h13-16,25-26,29-34,37-38,43-50H,17-18H2,1-12H3/t25-,26?,29?,30?,31?,32?,33?,34?,37?,38?/m1/s1. The second-order valence-electron chi connectivity index (χ2n) is 19.2. The summed E-state index contributed by atoms with van der Waals surface area (Å²) < 4.78 is 27.9. The van der Waals surface area contributed by atoms with Crippen LogP contribution in [-0.2, 0) is 45.3 Å². The lowest BCUT2D eigenvalue weighted by molar-refractivity contribution is -0.376. The van der Waals surface area contributed by atoms with Gasteiger partial charge in [-0.1, -0.05) is 95.2 Å². The van der Waals surface area contributed by atoms with E-state index >= 15 is 0 Å². The van der Waals surface area contributed by atoms with Crippen molar-refractivity contribution in [3.8, 4) is 11.5 Å². The molecule has 8 N–H and O–H groups in total. The van der Waals surface area contributed by atoms with Crippen LogP contribution in [0.3, 0.4) is 0 Å². The predicted molar refractivity (Wildman–Crippen MR) is 206 cm³/mol. The number of aromatic hydroxyl groups is 2. The van der Waals surface area contributed by atoms with Crippen molar-refractivity contribution in [1.29, 1.82) is 0 Å². The quantitative estimate of drug-likeness (QED) is 0.179. The largest absolute Gasteiger partial charge is 0.507 e. The molecule has 9 unspecified atom stereocenters. The molecule has 0 aliphatic carbocycles. The molecule has 15 heteroatoms. The third-order valence-corrected chi connectivity index (χ3v) is 10.4. The third-order valence-electron chi connectivity index (χ3n) is 10.4. The summed E-state index contributed by atoms with van der Waals surface area (Å²) in [5.74, 6) is -2.47. The third kappa shape index (κ3) is 10.3. The van der Waals surface area contributed by atoms with Crippen molar-refractivity contribution < 1.29 is 74.1 Å². The van der Waals surface area contributed by atoms with Crippen molar-refractivity contribution >= 4 is 11.9 Å². The molecule has 0 radical (unpaired) electrons. The molecule has 2 fully saturated rings. The number of phenolic OH excluding ortho intramolecular Hbond substituents is 2. The molecule has 2 saturated heterocycles. The van der Waals surface area contributed by atoms with Crippen LogP contribution in [0.2, 0.25) is 0 Å². The molecule has 2 aliphatic rings. The molecular formula is C42H62O15. The second-order valence-corrected chi connectivity index (χ2v) is 19.2. The Hall–Kier alpha value is -3.38. The first kappa shape index (κ1) is 46.3. The molecule has 320 valence electrons. The van der Waals surface area contributed by atoms with Crippen LogP contribution in [0.4, 0.5) is 0 Å². The lowest BCUT2D eigenvalue weighted by atomic mass is 9.79. The van der Waals surface area contributed by atoms with Crippen LogP contribution in [0.1, 0.15) is 126 Å². The number of benzene rings is 2. The highest BCUT2D eigenvalue weighted by Crippen LogP contribution is 2.40. The van der Waals surface area contributed by atoms with Gasteiger partial charge in [0.15, 0.2) is 12.6 Å².